The topological polar surface area (TPSA) is 66.6 Å². The van der Waals surface area contributed by atoms with Gasteiger partial charge in [0, 0.05) is 18.7 Å². The average molecular weight is 254 g/mol. The van der Waals surface area contributed by atoms with E-state index in [9.17, 15) is 14.5 Å². The smallest absolute Gasteiger partial charge is 0.295 e. The lowest BCUT2D eigenvalue weighted by atomic mass is 9.91. The minimum atomic E-state index is -0.607. The number of nitro groups is 1. The summed E-state index contributed by atoms with van der Waals surface area (Å²) in [6.45, 7) is 0.0639. The minimum absolute atomic E-state index is 0.00116. The molecule has 0 heterocycles. The largest absolute Gasteiger partial charge is 0.395 e. The lowest BCUT2D eigenvalue weighted by Gasteiger charge is -2.38. The van der Waals surface area contributed by atoms with Crippen molar-refractivity contribution in [2.75, 3.05) is 18.1 Å². The first-order valence-electron chi connectivity index (χ1n) is 5.95. The van der Waals surface area contributed by atoms with E-state index in [4.69, 9.17) is 5.11 Å². The molecule has 0 aromatic heterocycles. The Morgan fingerprint density at radius 3 is 2.72 bits per heavy atom. The highest BCUT2D eigenvalue weighted by Gasteiger charge is 2.31. The molecule has 1 fully saturated rings. The van der Waals surface area contributed by atoms with E-state index in [1.807, 2.05) is 0 Å². The van der Waals surface area contributed by atoms with Crippen LogP contribution in [-0.4, -0.2) is 29.2 Å². The van der Waals surface area contributed by atoms with Gasteiger partial charge in [0.2, 0.25) is 0 Å². The molecule has 0 spiro atoms. The Labute approximate surface area is 104 Å². The van der Waals surface area contributed by atoms with E-state index in [-0.39, 0.29) is 30.6 Å². The van der Waals surface area contributed by atoms with Crippen LogP contribution in [0.3, 0.4) is 0 Å². The molecule has 0 bridgehead atoms. The van der Waals surface area contributed by atoms with Crippen LogP contribution in [0.5, 0.6) is 0 Å². The maximum absolute atomic E-state index is 13.9. The average Bonchev–Trinajstić information content (AvgIpc) is 2.25. The number of nitrogens with zero attached hydrogens (tertiary/aromatic N) is 2. The molecule has 6 heteroatoms. The van der Waals surface area contributed by atoms with Crippen LogP contribution in [-0.2, 0) is 0 Å². The van der Waals surface area contributed by atoms with Crippen LogP contribution in [0.4, 0.5) is 15.8 Å². The summed E-state index contributed by atoms with van der Waals surface area (Å²) >= 11 is 0. The van der Waals surface area contributed by atoms with Gasteiger partial charge in [-0.25, -0.2) is 4.39 Å². The Morgan fingerprint density at radius 1 is 1.50 bits per heavy atom. The Hall–Kier alpha value is -1.69. The fraction of sp³-hybridized carbons (Fsp3) is 0.500. The van der Waals surface area contributed by atoms with Gasteiger partial charge in [-0.05, 0) is 25.3 Å². The van der Waals surface area contributed by atoms with Crippen LogP contribution in [0, 0.1) is 15.9 Å². The number of aliphatic hydroxyl groups is 1. The number of para-hydroxylation sites is 1. The number of halogens is 1. The van der Waals surface area contributed by atoms with Crippen molar-refractivity contribution in [1.29, 1.82) is 0 Å². The van der Waals surface area contributed by atoms with Gasteiger partial charge in [-0.1, -0.05) is 6.07 Å². The fourth-order valence-corrected chi connectivity index (χ4v) is 2.22. The molecule has 1 aromatic rings. The van der Waals surface area contributed by atoms with Crippen molar-refractivity contribution in [2.45, 2.75) is 25.3 Å². The van der Waals surface area contributed by atoms with E-state index in [1.165, 1.54) is 18.2 Å². The zero-order valence-corrected chi connectivity index (χ0v) is 9.88. The van der Waals surface area contributed by atoms with E-state index in [2.05, 4.69) is 0 Å². The third kappa shape index (κ3) is 2.28. The lowest BCUT2D eigenvalue weighted by Crippen LogP contribution is -2.42. The molecule has 0 unspecified atom stereocenters. The highest BCUT2D eigenvalue weighted by atomic mass is 19.1. The molecule has 1 saturated carbocycles. The summed E-state index contributed by atoms with van der Waals surface area (Å²) in [6, 6.07) is 3.93. The second kappa shape index (κ2) is 5.30. The van der Waals surface area contributed by atoms with Gasteiger partial charge in [-0.3, -0.25) is 10.1 Å². The van der Waals surface area contributed by atoms with E-state index in [0.29, 0.717) is 0 Å². The third-order valence-electron chi connectivity index (χ3n) is 3.31. The summed E-state index contributed by atoms with van der Waals surface area (Å²) < 4.78 is 13.9. The molecule has 0 radical (unpaired) electrons. The summed E-state index contributed by atoms with van der Waals surface area (Å²) in [7, 11) is 0. The Kier molecular flexibility index (Phi) is 3.76. The van der Waals surface area contributed by atoms with Crippen LogP contribution in [0.25, 0.3) is 0 Å². The number of hydrogen-bond donors (Lipinski definition) is 1. The molecule has 5 nitrogen and oxygen atoms in total. The molecule has 1 aromatic carbocycles. The quantitative estimate of drug-likeness (QED) is 0.645. The molecule has 98 valence electrons. The van der Waals surface area contributed by atoms with Crippen LogP contribution in [0.1, 0.15) is 19.3 Å². The second-order valence-electron chi connectivity index (χ2n) is 4.37. The van der Waals surface area contributed by atoms with Crippen molar-refractivity contribution in [2.24, 2.45) is 0 Å². The number of rotatable bonds is 5. The number of anilines is 1. The zero-order chi connectivity index (χ0) is 13.1. The summed E-state index contributed by atoms with van der Waals surface area (Å²) in [5, 5.41) is 20.0. The normalized spacial score (nSPS) is 15.2. The van der Waals surface area contributed by atoms with Crippen LogP contribution < -0.4 is 4.90 Å². The van der Waals surface area contributed by atoms with E-state index < -0.39 is 10.7 Å². The van der Waals surface area contributed by atoms with E-state index in [1.54, 1.807) is 4.90 Å². The SMILES string of the molecule is O=[N+]([O-])c1cccc(F)c1N(CCO)C1CCC1. The maximum atomic E-state index is 13.9. The van der Waals surface area contributed by atoms with Gasteiger partial charge in [0.05, 0.1) is 11.5 Å². The summed E-state index contributed by atoms with van der Waals surface area (Å²) in [6.07, 6.45) is 2.80. The van der Waals surface area contributed by atoms with Crippen molar-refractivity contribution >= 4 is 11.4 Å². The zero-order valence-electron chi connectivity index (χ0n) is 9.88. The van der Waals surface area contributed by atoms with Crippen LogP contribution in [0.15, 0.2) is 18.2 Å². The van der Waals surface area contributed by atoms with Crippen molar-refractivity contribution in [3.05, 3.63) is 34.1 Å². The predicted molar refractivity (Wildman–Crippen MR) is 65.1 cm³/mol. The van der Waals surface area contributed by atoms with Crippen molar-refractivity contribution in [1.82, 2.24) is 0 Å². The molecule has 0 atom stereocenters. The first-order chi connectivity index (χ1) is 8.65. The molecular formula is C12H15FN2O3. The molecular weight excluding hydrogens is 239 g/mol. The minimum Gasteiger partial charge on any atom is -0.395 e. The molecule has 2 rings (SSSR count). The Bertz CT molecular complexity index is 449. The second-order valence-corrected chi connectivity index (χ2v) is 4.37. The first kappa shape index (κ1) is 12.8. The highest BCUT2D eigenvalue weighted by Crippen LogP contribution is 2.36. The first-order valence-corrected chi connectivity index (χ1v) is 5.95. The highest BCUT2D eigenvalue weighted by molar-refractivity contribution is 5.64. The van der Waals surface area contributed by atoms with E-state index in [0.717, 1.165) is 19.3 Å². The molecule has 0 aliphatic heterocycles. The molecule has 1 N–H and O–H groups in total. The van der Waals surface area contributed by atoms with Gasteiger partial charge < -0.3 is 10.0 Å². The summed E-state index contributed by atoms with van der Waals surface area (Å²) in [5.74, 6) is -0.607. The molecule has 0 amide bonds. The third-order valence-corrected chi connectivity index (χ3v) is 3.31. The number of benzene rings is 1. The van der Waals surface area contributed by atoms with Gasteiger partial charge in [0.1, 0.15) is 0 Å². The molecule has 1 aliphatic carbocycles. The van der Waals surface area contributed by atoms with Gasteiger partial charge in [-0.15, -0.1) is 0 Å². The van der Waals surface area contributed by atoms with Crippen LogP contribution >= 0.6 is 0 Å². The standard InChI is InChI=1S/C12H15FN2O3/c13-10-5-2-6-11(15(17)18)12(10)14(7-8-16)9-3-1-4-9/h2,5-6,9,16H,1,3-4,7-8H2. The van der Waals surface area contributed by atoms with Gasteiger partial charge in [-0.2, -0.15) is 0 Å². The van der Waals surface area contributed by atoms with Crippen LogP contribution in [0.2, 0.25) is 0 Å². The number of aliphatic hydroxyl groups excluding tert-OH is 1. The predicted octanol–water partition coefficient (Wildman–Crippen LogP) is 2.09. The number of hydrogen-bond acceptors (Lipinski definition) is 4. The summed E-state index contributed by atoms with van der Waals surface area (Å²) in [4.78, 5) is 12.0. The van der Waals surface area contributed by atoms with Crippen molar-refractivity contribution < 1.29 is 14.4 Å². The Morgan fingerprint density at radius 2 is 2.22 bits per heavy atom. The molecule has 0 saturated heterocycles. The van der Waals surface area contributed by atoms with Gasteiger partial charge in [0.25, 0.3) is 5.69 Å². The lowest BCUT2D eigenvalue weighted by molar-refractivity contribution is -0.384. The Balaban J connectivity index is 2.41. The van der Waals surface area contributed by atoms with Crippen molar-refractivity contribution in [3.8, 4) is 0 Å². The fourth-order valence-electron chi connectivity index (χ4n) is 2.22. The number of nitro benzene ring substituents is 1. The van der Waals surface area contributed by atoms with Crippen molar-refractivity contribution in [3.63, 3.8) is 0 Å². The monoisotopic (exact) mass is 254 g/mol. The summed E-state index contributed by atoms with van der Waals surface area (Å²) in [5.41, 5.74) is -0.239. The maximum Gasteiger partial charge on any atom is 0.295 e. The molecule has 18 heavy (non-hydrogen) atoms. The van der Waals surface area contributed by atoms with Gasteiger partial charge >= 0.3 is 0 Å². The van der Waals surface area contributed by atoms with Gasteiger partial charge in [0.15, 0.2) is 11.5 Å². The molecule has 1 aliphatic rings. The van der Waals surface area contributed by atoms with E-state index >= 15 is 0 Å².